The fourth-order valence-corrected chi connectivity index (χ4v) is 3.45. The summed E-state index contributed by atoms with van der Waals surface area (Å²) in [5.74, 6) is 0.875. The summed E-state index contributed by atoms with van der Waals surface area (Å²) in [5.41, 5.74) is 6.82. The number of hydrogen-bond acceptors (Lipinski definition) is 6. The minimum Gasteiger partial charge on any atom is -0.493 e. The highest BCUT2D eigenvalue weighted by Crippen LogP contribution is 2.39. The number of primary amides is 1. The van der Waals surface area contributed by atoms with Crippen LogP contribution in [0.25, 0.3) is 0 Å². The zero-order valence-corrected chi connectivity index (χ0v) is 16.2. The molecule has 0 saturated carbocycles. The smallest absolute Gasteiger partial charge is 0.269 e. The molecule has 150 valence electrons. The number of benzene rings is 1. The maximum absolute atomic E-state index is 13.0. The van der Waals surface area contributed by atoms with E-state index >= 15 is 0 Å². The monoisotopic (exact) mass is 388 g/mol. The molecule has 9 heteroatoms. The van der Waals surface area contributed by atoms with Gasteiger partial charge in [0.25, 0.3) is 11.8 Å². The van der Waals surface area contributed by atoms with E-state index in [-0.39, 0.29) is 17.5 Å². The van der Waals surface area contributed by atoms with Crippen molar-refractivity contribution in [2.75, 3.05) is 34.4 Å². The van der Waals surface area contributed by atoms with Crippen molar-refractivity contribution in [3.8, 4) is 17.2 Å². The average Bonchev–Trinajstić information content (AvgIpc) is 3.22. The predicted octanol–water partition coefficient (Wildman–Crippen LogP) is 1.55. The van der Waals surface area contributed by atoms with Gasteiger partial charge in [-0.25, -0.2) is 0 Å². The van der Waals surface area contributed by atoms with Crippen molar-refractivity contribution >= 4 is 11.8 Å². The van der Waals surface area contributed by atoms with Crippen LogP contribution in [0.3, 0.4) is 0 Å². The zero-order chi connectivity index (χ0) is 20.3. The van der Waals surface area contributed by atoms with Gasteiger partial charge < -0.3 is 24.8 Å². The molecule has 1 saturated heterocycles. The highest BCUT2D eigenvalue weighted by molar-refractivity contribution is 5.95. The number of rotatable bonds is 6. The summed E-state index contributed by atoms with van der Waals surface area (Å²) in [7, 11) is 4.55. The number of H-pyrrole nitrogens is 1. The van der Waals surface area contributed by atoms with Crippen molar-refractivity contribution in [3.63, 3.8) is 0 Å². The predicted molar refractivity (Wildman–Crippen MR) is 101 cm³/mol. The molecule has 1 aromatic heterocycles. The third kappa shape index (κ3) is 3.73. The number of nitrogens with one attached hydrogen (secondary N) is 1. The number of aromatic amines is 1. The Kier molecular flexibility index (Phi) is 5.72. The fourth-order valence-electron chi connectivity index (χ4n) is 3.45. The summed E-state index contributed by atoms with van der Waals surface area (Å²) in [6.45, 7) is 1.18. The number of ether oxygens (including phenoxy) is 3. The van der Waals surface area contributed by atoms with Gasteiger partial charge in [-0.2, -0.15) is 5.10 Å². The van der Waals surface area contributed by atoms with Gasteiger partial charge in [-0.05, 0) is 31.0 Å². The number of nitrogens with two attached hydrogens (primary N) is 1. The minimum atomic E-state index is -0.558. The molecule has 1 fully saturated rings. The Bertz CT molecular complexity index is 846. The summed E-state index contributed by atoms with van der Waals surface area (Å²) >= 11 is 0. The Hall–Kier alpha value is -3.23. The third-order valence-corrected chi connectivity index (χ3v) is 4.98. The Balaban J connectivity index is 1.72. The van der Waals surface area contributed by atoms with Crippen molar-refractivity contribution in [3.05, 3.63) is 35.2 Å². The largest absolute Gasteiger partial charge is 0.493 e. The molecule has 2 heterocycles. The van der Waals surface area contributed by atoms with Crippen molar-refractivity contribution in [1.82, 2.24) is 15.1 Å². The number of methoxy groups -OCH3 is 3. The van der Waals surface area contributed by atoms with Crippen LogP contribution in [0.15, 0.2) is 18.2 Å². The Morgan fingerprint density at radius 3 is 2.14 bits per heavy atom. The molecular formula is C19H24N4O5. The molecule has 0 spiro atoms. The van der Waals surface area contributed by atoms with Crippen LogP contribution in [-0.2, 0) is 0 Å². The first-order valence-electron chi connectivity index (χ1n) is 8.92. The molecule has 2 amide bonds. The summed E-state index contributed by atoms with van der Waals surface area (Å²) in [4.78, 5) is 26.0. The van der Waals surface area contributed by atoms with E-state index in [0.29, 0.717) is 35.9 Å². The second kappa shape index (κ2) is 8.20. The molecule has 0 atom stereocenters. The summed E-state index contributed by atoms with van der Waals surface area (Å²) < 4.78 is 16.0. The Labute approximate surface area is 162 Å². The number of carbonyl (C=O) groups excluding carboxylic acids is 2. The molecule has 2 aromatic rings. The molecule has 3 N–H and O–H groups in total. The van der Waals surface area contributed by atoms with Crippen LogP contribution in [0, 0.1) is 0 Å². The van der Waals surface area contributed by atoms with Crippen LogP contribution >= 0.6 is 0 Å². The third-order valence-electron chi connectivity index (χ3n) is 4.98. The second-order valence-corrected chi connectivity index (χ2v) is 6.55. The van der Waals surface area contributed by atoms with Crippen molar-refractivity contribution in [1.29, 1.82) is 0 Å². The number of piperidine rings is 1. The topological polar surface area (TPSA) is 120 Å². The molecule has 3 rings (SSSR count). The molecule has 0 unspecified atom stereocenters. The summed E-state index contributed by atoms with van der Waals surface area (Å²) in [6.07, 6.45) is 1.52. The lowest BCUT2D eigenvalue weighted by Crippen LogP contribution is -2.38. The molecular weight excluding hydrogens is 364 g/mol. The van der Waals surface area contributed by atoms with Gasteiger partial charge in [-0.1, -0.05) is 0 Å². The van der Waals surface area contributed by atoms with Crippen molar-refractivity contribution < 1.29 is 23.8 Å². The first-order chi connectivity index (χ1) is 13.5. The van der Waals surface area contributed by atoms with Crippen LogP contribution in [0.2, 0.25) is 0 Å². The number of aromatic nitrogens is 2. The van der Waals surface area contributed by atoms with Crippen LogP contribution in [-0.4, -0.2) is 61.3 Å². The zero-order valence-electron chi connectivity index (χ0n) is 16.2. The quantitative estimate of drug-likeness (QED) is 0.775. The first kappa shape index (κ1) is 19.5. The lowest BCUT2D eigenvalue weighted by Gasteiger charge is -2.31. The Morgan fingerprint density at radius 2 is 1.68 bits per heavy atom. The van der Waals surface area contributed by atoms with E-state index < -0.39 is 5.91 Å². The normalized spacial score (nSPS) is 14.6. The maximum atomic E-state index is 13.0. The number of nitrogens with zero attached hydrogens (tertiary/aromatic N) is 2. The molecule has 9 nitrogen and oxygen atoms in total. The standard InChI is InChI=1S/C19H24N4O5/c1-26-15-8-12(9-16(27-2)17(15)28-3)19(25)23-6-4-11(5-7-23)13-10-14(18(20)24)22-21-13/h8-11H,4-7H2,1-3H3,(H2,20,24)(H,21,22). The number of carbonyl (C=O) groups is 2. The summed E-state index contributed by atoms with van der Waals surface area (Å²) in [6, 6.07) is 5.00. The molecule has 28 heavy (non-hydrogen) atoms. The highest BCUT2D eigenvalue weighted by Gasteiger charge is 2.27. The lowest BCUT2D eigenvalue weighted by atomic mass is 9.93. The van der Waals surface area contributed by atoms with E-state index in [1.807, 2.05) is 0 Å². The van der Waals surface area contributed by atoms with E-state index in [0.717, 1.165) is 18.5 Å². The number of hydrogen-bond donors (Lipinski definition) is 2. The molecule has 1 aliphatic rings. The van der Waals surface area contributed by atoms with Gasteiger partial charge in [0.15, 0.2) is 11.5 Å². The van der Waals surface area contributed by atoms with E-state index in [1.54, 1.807) is 23.1 Å². The molecule has 0 bridgehead atoms. The molecule has 1 aliphatic heterocycles. The average molecular weight is 388 g/mol. The molecule has 1 aromatic carbocycles. The summed E-state index contributed by atoms with van der Waals surface area (Å²) in [5, 5.41) is 6.80. The van der Waals surface area contributed by atoms with Gasteiger partial charge in [0.1, 0.15) is 5.69 Å². The lowest BCUT2D eigenvalue weighted by molar-refractivity contribution is 0.0711. The Morgan fingerprint density at radius 1 is 1.07 bits per heavy atom. The molecule has 0 radical (unpaired) electrons. The van der Waals surface area contributed by atoms with Gasteiger partial charge in [0, 0.05) is 30.3 Å². The first-order valence-corrected chi connectivity index (χ1v) is 8.92. The highest BCUT2D eigenvalue weighted by atomic mass is 16.5. The number of likely N-dealkylation sites (tertiary alicyclic amines) is 1. The maximum Gasteiger partial charge on any atom is 0.269 e. The van der Waals surface area contributed by atoms with Crippen LogP contribution in [0.4, 0.5) is 0 Å². The van der Waals surface area contributed by atoms with Crippen LogP contribution in [0.1, 0.15) is 45.3 Å². The SMILES string of the molecule is COc1cc(C(=O)N2CCC(c3cc(C(N)=O)n[nH]3)CC2)cc(OC)c1OC. The van der Waals surface area contributed by atoms with Crippen LogP contribution < -0.4 is 19.9 Å². The second-order valence-electron chi connectivity index (χ2n) is 6.55. The minimum absolute atomic E-state index is 0.0971. The van der Waals surface area contributed by atoms with Gasteiger partial charge in [-0.15, -0.1) is 0 Å². The van der Waals surface area contributed by atoms with E-state index in [1.165, 1.54) is 21.3 Å². The van der Waals surface area contributed by atoms with Gasteiger partial charge in [0.05, 0.1) is 21.3 Å². The fraction of sp³-hybridized carbons (Fsp3) is 0.421. The van der Waals surface area contributed by atoms with Gasteiger partial charge in [-0.3, -0.25) is 14.7 Å². The number of amides is 2. The molecule has 0 aliphatic carbocycles. The van der Waals surface area contributed by atoms with E-state index in [9.17, 15) is 9.59 Å². The van der Waals surface area contributed by atoms with Gasteiger partial charge >= 0.3 is 0 Å². The van der Waals surface area contributed by atoms with Gasteiger partial charge in [0.2, 0.25) is 5.75 Å². The van der Waals surface area contributed by atoms with Crippen molar-refractivity contribution in [2.24, 2.45) is 5.73 Å². The van der Waals surface area contributed by atoms with Crippen molar-refractivity contribution in [2.45, 2.75) is 18.8 Å². The van der Waals surface area contributed by atoms with Crippen LogP contribution in [0.5, 0.6) is 17.2 Å². The van der Waals surface area contributed by atoms with E-state index in [2.05, 4.69) is 10.2 Å². The van der Waals surface area contributed by atoms with E-state index in [4.69, 9.17) is 19.9 Å².